The van der Waals surface area contributed by atoms with Crippen LogP contribution in [0, 0.1) is 0 Å². The number of aromatic nitrogens is 4. The number of allylic oxidation sites excluding steroid dienone is 3. The van der Waals surface area contributed by atoms with E-state index >= 15 is 0 Å². The topological polar surface area (TPSA) is 35.6 Å². The minimum atomic E-state index is -0.139. The number of nitrogens with zero attached hydrogens (tertiary/aromatic N) is 4. The molecule has 0 unspecified atom stereocenters. The van der Waals surface area contributed by atoms with Crippen LogP contribution in [0.1, 0.15) is 31.9 Å². The van der Waals surface area contributed by atoms with Gasteiger partial charge in [-0.05, 0) is 65.4 Å². The molecule has 0 saturated carbocycles. The summed E-state index contributed by atoms with van der Waals surface area (Å²) in [7, 11) is 0. The first-order valence-corrected chi connectivity index (χ1v) is 18.6. The lowest BCUT2D eigenvalue weighted by atomic mass is 9.81. The van der Waals surface area contributed by atoms with Crippen molar-refractivity contribution in [2.45, 2.75) is 26.2 Å². The van der Waals surface area contributed by atoms with Crippen LogP contribution in [0.25, 0.3) is 93.8 Å². The van der Waals surface area contributed by atoms with Gasteiger partial charge in [0.25, 0.3) is 0 Å². The summed E-state index contributed by atoms with van der Waals surface area (Å²) in [5, 5.41) is 8.29. The molecular weight excluding hydrogens is 657 g/mol. The Bertz CT molecular complexity index is 3210. The van der Waals surface area contributed by atoms with Gasteiger partial charge in [0.2, 0.25) is 5.95 Å². The standard InChI is InChI=1S/C50H36N4/c1-5-32-30(2)50(3,4)40-27-39-44(28-38(32)40)54(49-51-41-24-14-11-23-37(41)48(52-49)31-17-7-6-8-18-31)46-29-45(35-21-9-10-22-36(35)47(39)46)53-42-25-15-12-19-33(42)34-20-13-16-26-43(34)53/h5-29H,1H2,2-4H3. The summed E-state index contributed by atoms with van der Waals surface area (Å²) < 4.78 is 4.76. The highest BCUT2D eigenvalue weighted by molar-refractivity contribution is 6.24. The Balaban J connectivity index is 1.35. The first kappa shape index (κ1) is 30.8. The molecule has 0 radical (unpaired) electrons. The van der Waals surface area contributed by atoms with Gasteiger partial charge >= 0.3 is 0 Å². The Hall–Kier alpha value is -6.78. The highest BCUT2D eigenvalue weighted by atomic mass is 15.2. The summed E-state index contributed by atoms with van der Waals surface area (Å²) in [4.78, 5) is 10.8. The van der Waals surface area contributed by atoms with E-state index in [1.807, 2.05) is 6.08 Å². The van der Waals surface area contributed by atoms with Crippen LogP contribution in [0.2, 0.25) is 0 Å². The van der Waals surface area contributed by atoms with Crippen molar-refractivity contribution >= 4 is 70.9 Å². The molecule has 10 aromatic rings. The number of rotatable bonds is 4. The van der Waals surface area contributed by atoms with Crippen LogP contribution >= 0.6 is 0 Å². The van der Waals surface area contributed by atoms with Gasteiger partial charge in [-0.1, -0.05) is 141 Å². The van der Waals surface area contributed by atoms with Gasteiger partial charge in [0, 0.05) is 43.3 Å². The molecule has 0 N–H and O–H groups in total. The molecule has 0 bridgehead atoms. The van der Waals surface area contributed by atoms with Crippen molar-refractivity contribution in [3.05, 3.63) is 175 Å². The lowest BCUT2D eigenvalue weighted by Crippen LogP contribution is -2.15. The molecule has 3 aromatic heterocycles. The van der Waals surface area contributed by atoms with E-state index in [-0.39, 0.29) is 5.41 Å². The average Bonchev–Trinajstić information content (AvgIpc) is 3.78. The predicted molar refractivity (Wildman–Crippen MR) is 227 cm³/mol. The number of para-hydroxylation sites is 3. The molecule has 11 rings (SSSR count). The summed E-state index contributed by atoms with van der Waals surface area (Å²) in [6.07, 6.45) is 2.03. The van der Waals surface area contributed by atoms with Crippen LogP contribution in [-0.2, 0) is 5.41 Å². The first-order chi connectivity index (χ1) is 26.4. The van der Waals surface area contributed by atoms with Crippen LogP contribution in [0.3, 0.4) is 0 Å². The van der Waals surface area contributed by atoms with E-state index in [0.717, 1.165) is 38.9 Å². The largest absolute Gasteiger partial charge is 0.309 e. The van der Waals surface area contributed by atoms with Crippen LogP contribution < -0.4 is 0 Å². The van der Waals surface area contributed by atoms with Gasteiger partial charge in [-0.2, -0.15) is 0 Å². The molecular formula is C50H36N4. The molecule has 0 amide bonds. The number of fused-ring (bicyclic) bond motifs is 10. The van der Waals surface area contributed by atoms with Crippen molar-refractivity contribution in [1.29, 1.82) is 0 Å². The van der Waals surface area contributed by atoms with Crippen molar-refractivity contribution in [2.75, 3.05) is 0 Å². The zero-order chi connectivity index (χ0) is 36.3. The monoisotopic (exact) mass is 692 g/mol. The summed E-state index contributed by atoms with van der Waals surface area (Å²) >= 11 is 0. The molecule has 1 aliphatic rings. The predicted octanol–water partition coefficient (Wildman–Crippen LogP) is 12.9. The van der Waals surface area contributed by atoms with Crippen LogP contribution in [0.5, 0.6) is 0 Å². The summed E-state index contributed by atoms with van der Waals surface area (Å²) in [5.74, 6) is 0.647. The van der Waals surface area contributed by atoms with Crippen LogP contribution in [-0.4, -0.2) is 19.1 Å². The van der Waals surface area contributed by atoms with Gasteiger partial charge in [0.1, 0.15) is 0 Å². The lowest BCUT2D eigenvalue weighted by Gasteiger charge is -2.22. The molecule has 3 heterocycles. The van der Waals surface area contributed by atoms with Crippen molar-refractivity contribution < 1.29 is 0 Å². The van der Waals surface area contributed by atoms with Gasteiger partial charge in [0.15, 0.2) is 0 Å². The average molecular weight is 693 g/mol. The summed E-state index contributed by atoms with van der Waals surface area (Å²) in [6, 6.07) is 52.4. The quantitative estimate of drug-likeness (QED) is 0.184. The summed E-state index contributed by atoms with van der Waals surface area (Å²) in [5.41, 5.74) is 13.4. The molecule has 0 fully saturated rings. The normalized spacial score (nSPS) is 14.0. The third kappa shape index (κ3) is 4.08. The molecule has 7 aromatic carbocycles. The number of hydrogen-bond donors (Lipinski definition) is 0. The smallest absolute Gasteiger partial charge is 0.235 e. The fourth-order valence-corrected chi connectivity index (χ4v) is 9.21. The number of benzene rings is 7. The Morgan fingerprint density at radius 2 is 1.17 bits per heavy atom. The zero-order valence-electron chi connectivity index (χ0n) is 30.4. The van der Waals surface area contributed by atoms with E-state index in [1.165, 1.54) is 65.6 Å². The molecule has 4 heteroatoms. The highest BCUT2D eigenvalue weighted by Gasteiger charge is 2.36. The van der Waals surface area contributed by atoms with Crippen molar-refractivity contribution in [3.63, 3.8) is 0 Å². The van der Waals surface area contributed by atoms with Gasteiger partial charge in [-0.3, -0.25) is 4.57 Å². The minimum absolute atomic E-state index is 0.139. The first-order valence-electron chi connectivity index (χ1n) is 18.6. The van der Waals surface area contributed by atoms with Gasteiger partial charge in [-0.25, -0.2) is 9.97 Å². The van der Waals surface area contributed by atoms with Crippen molar-refractivity contribution in [3.8, 4) is 22.9 Å². The van der Waals surface area contributed by atoms with E-state index in [9.17, 15) is 0 Å². The van der Waals surface area contributed by atoms with Crippen molar-refractivity contribution in [2.24, 2.45) is 0 Å². The third-order valence-electron chi connectivity index (χ3n) is 12.1. The second-order valence-corrected chi connectivity index (χ2v) is 15.1. The Labute approximate surface area is 313 Å². The molecule has 0 aliphatic heterocycles. The van der Waals surface area contributed by atoms with E-state index in [4.69, 9.17) is 9.97 Å². The maximum atomic E-state index is 5.48. The van der Waals surface area contributed by atoms with Gasteiger partial charge in [0.05, 0.1) is 39.0 Å². The maximum Gasteiger partial charge on any atom is 0.235 e. The molecule has 0 atom stereocenters. The molecule has 4 nitrogen and oxygen atoms in total. The molecule has 0 spiro atoms. The van der Waals surface area contributed by atoms with Crippen LogP contribution in [0.4, 0.5) is 0 Å². The second-order valence-electron chi connectivity index (χ2n) is 15.1. The van der Waals surface area contributed by atoms with Crippen LogP contribution in [0.15, 0.2) is 164 Å². The minimum Gasteiger partial charge on any atom is -0.309 e. The maximum absolute atomic E-state index is 5.48. The Morgan fingerprint density at radius 3 is 1.87 bits per heavy atom. The van der Waals surface area contributed by atoms with E-state index in [0.29, 0.717) is 5.95 Å². The summed E-state index contributed by atoms with van der Waals surface area (Å²) in [6.45, 7) is 11.2. The molecule has 256 valence electrons. The van der Waals surface area contributed by atoms with E-state index < -0.39 is 0 Å². The number of hydrogen-bond acceptors (Lipinski definition) is 2. The SMILES string of the molecule is C=CC1=C(C)C(C)(C)c2cc3c4c5ccccc5c(-n5c6ccccc6c6ccccc65)cc4n(-c4nc(-c5ccccc5)c5ccccc5n4)c3cc21. The third-order valence-corrected chi connectivity index (χ3v) is 12.1. The van der Waals surface area contributed by atoms with Crippen molar-refractivity contribution in [1.82, 2.24) is 19.1 Å². The Morgan fingerprint density at radius 1 is 0.556 bits per heavy atom. The fourth-order valence-electron chi connectivity index (χ4n) is 9.21. The van der Waals surface area contributed by atoms with E-state index in [2.05, 4.69) is 182 Å². The zero-order valence-corrected chi connectivity index (χ0v) is 30.4. The second kappa shape index (κ2) is 11.1. The fraction of sp³-hybridized carbons (Fsp3) is 0.0800. The molecule has 1 aliphatic carbocycles. The Kier molecular flexibility index (Phi) is 6.34. The highest BCUT2D eigenvalue weighted by Crippen LogP contribution is 2.50. The lowest BCUT2D eigenvalue weighted by molar-refractivity contribution is 0.640. The van der Waals surface area contributed by atoms with E-state index in [1.54, 1.807) is 0 Å². The van der Waals surface area contributed by atoms with Gasteiger partial charge < -0.3 is 4.57 Å². The molecule has 54 heavy (non-hydrogen) atoms. The molecule has 0 saturated heterocycles. The van der Waals surface area contributed by atoms with Gasteiger partial charge in [-0.15, -0.1) is 0 Å².